The van der Waals surface area contributed by atoms with Gasteiger partial charge in [0.05, 0.1) is 56.6 Å². The Balaban J connectivity index is 0.000000195. The van der Waals surface area contributed by atoms with Crippen LogP contribution < -0.4 is 67.1 Å². The molecule has 6 aromatic carbocycles. The monoisotopic (exact) mass is 1590 g/mol. The first-order valence-corrected chi connectivity index (χ1v) is 39.6. The summed E-state index contributed by atoms with van der Waals surface area (Å²) < 4.78 is 63.8. The minimum absolute atomic E-state index is 0.00847. The highest BCUT2D eigenvalue weighted by Crippen LogP contribution is 2.38. The molecule has 0 atom stereocenters. The van der Waals surface area contributed by atoms with E-state index in [9.17, 15) is 34.2 Å². The molecular formula is C82H100BBrN8O17Si. The van der Waals surface area contributed by atoms with E-state index in [2.05, 4.69) is 60.4 Å². The number of aryl methyl sites for hydroxylation is 2. The molecule has 4 N–H and O–H groups in total. The molecule has 0 spiro atoms. The largest absolute Gasteiger partial charge is 0.494 e. The number of anilines is 6. The van der Waals surface area contributed by atoms with Crippen molar-refractivity contribution in [2.75, 3.05) is 122 Å². The average Bonchev–Trinajstić information content (AvgIpc) is 0.942. The number of hydrogen-bond acceptors (Lipinski definition) is 21. The number of fused-ring (bicyclic) bond motifs is 2. The standard InChI is InChI=1S/C35H38N4O7.C24H27BN2O5.C23H35BrN2O5Si/c1-37(2)26-9-10-28-23(18-26)12-13-39(34(28)42)31-7-5-6-27(29(31)22-41)24-19-30(35(43)38(3)21-24)36-25-8-11-32(45-15-14-40)33(20-25)46-17-16-44-4;1-16(28)30-14-20-21(25-31-15-24(2,3)32-25)7-6-8-22(20)27-12-11-17-13-18(26(4)5)9-10-19(17)23(27)29;1-23(2,3)32(6,7)31-13-12-29-20-9-8-18(15-21(20)30-11-10-28-5)25-19-14-17(24)16-26(4)22(19)27/h5-13,18-21,36,40-41H,14-17,22H2,1-4H3;6-13H,14-15H2,1-5H3;8-9,14-16,25H,10-13H2,1-7H3. The Morgan fingerprint density at radius 1 is 0.609 bits per heavy atom. The zero-order chi connectivity index (χ0) is 79.8. The summed E-state index contributed by atoms with van der Waals surface area (Å²) in [5, 5.41) is 29.2. The van der Waals surface area contributed by atoms with Gasteiger partial charge in [-0.1, -0.05) is 45.0 Å². The number of pyridine rings is 4. The van der Waals surface area contributed by atoms with Gasteiger partial charge < -0.3 is 86.7 Å². The lowest BCUT2D eigenvalue weighted by Gasteiger charge is -2.36. The van der Waals surface area contributed by atoms with E-state index in [1.165, 1.54) is 16.1 Å². The molecule has 1 fully saturated rings. The van der Waals surface area contributed by atoms with E-state index in [1.54, 1.807) is 98.6 Å². The van der Waals surface area contributed by atoms with Gasteiger partial charge in [0.25, 0.3) is 22.2 Å². The van der Waals surface area contributed by atoms with E-state index in [0.29, 0.717) is 124 Å². The van der Waals surface area contributed by atoms with Crippen LogP contribution in [0, 0.1) is 0 Å². The van der Waals surface area contributed by atoms with Crippen LogP contribution in [0.25, 0.3) is 44.0 Å². The highest BCUT2D eigenvalue weighted by molar-refractivity contribution is 9.10. The van der Waals surface area contributed by atoms with Crippen molar-refractivity contribution >= 4 is 98.5 Å². The molecule has 0 saturated carbocycles. The van der Waals surface area contributed by atoms with Crippen LogP contribution in [0.2, 0.25) is 18.1 Å². The molecular weight excluding hydrogens is 1490 g/mol. The third kappa shape index (κ3) is 21.1. The molecule has 0 amide bonds. The van der Waals surface area contributed by atoms with Gasteiger partial charge in [-0.05, 0) is 167 Å². The van der Waals surface area contributed by atoms with Gasteiger partial charge in [-0.15, -0.1) is 0 Å². The summed E-state index contributed by atoms with van der Waals surface area (Å²) in [7, 11) is 12.0. The summed E-state index contributed by atoms with van der Waals surface area (Å²) in [6, 6.07) is 40.4. The highest BCUT2D eigenvalue weighted by atomic mass is 79.9. The molecule has 0 unspecified atom stereocenters. The van der Waals surface area contributed by atoms with E-state index < -0.39 is 27.0 Å². The molecule has 1 aliphatic heterocycles. The lowest BCUT2D eigenvalue weighted by Crippen LogP contribution is -2.41. The number of rotatable bonds is 29. The van der Waals surface area contributed by atoms with Gasteiger partial charge >= 0.3 is 13.1 Å². The first-order chi connectivity index (χ1) is 52.3. The van der Waals surface area contributed by atoms with Crippen LogP contribution >= 0.6 is 15.9 Å². The normalized spacial score (nSPS) is 12.6. The van der Waals surface area contributed by atoms with Gasteiger partial charge in [0.2, 0.25) is 0 Å². The Kier molecular flexibility index (Phi) is 28.7. The fraction of sp³-hybridized carbons (Fsp3) is 0.354. The number of nitrogens with one attached hydrogen (secondary N) is 2. The van der Waals surface area contributed by atoms with E-state index in [1.807, 2.05) is 149 Å². The van der Waals surface area contributed by atoms with Crippen LogP contribution in [0.15, 0.2) is 182 Å². The zero-order valence-electron chi connectivity index (χ0n) is 65.4. The SMILES string of the molecule is CC(=O)OCc1c(B2OCC(C)(C)O2)cccc1-n1ccc2cc(N(C)C)ccc2c1=O.COCCOc1cc(Nc2cc(-c3cccc(-n4ccc5cc(N(C)C)ccc5c4=O)c3CO)cn(C)c2=O)ccc1OCCO.COCCOc1cc(Nc2cc(Br)cn(C)c2=O)ccc1OCCO[Si](C)(C)C(C)(C)C. The van der Waals surface area contributed by atoms with Crippen LogP contribution in [-0.2, 0) is 60.0 Å². The number of carbonyl (C=O) groups is 1. The number of ether oxygens (including phenoxy) is 7. The quantitative estimate of drug-likeness (QED) is 0.0193. The topological polar surface area (TPSA) is 268 Å². The number of halogens is 1. The number of nitrogens with zero attached hydrogens (tertiary/aromatic N) is 6. The van der Waals surface area contributed by atoms with E-state index >= 15 is 0 Å². The molecule has 5 heterocycles. The maximum atomic E-state index is 13.6. The molecule has 10 aromatic rings. The van der Waals surface area contributed by atoms with Gasteiger partial charge in [0.1, 0.15) is 44.4 Å². The summed E-state index contributed by atoms with van der Waals surface area (Å²) in [5.41, 5.74) is 7.35. The fourth-order valence-electron chi connectivity index (χ4n) is 11.7. The van der Waals surface area contributed by atoms with Crippen molar-refractivity contribution in [3.05, 3.63) is 215 Å². The number of hydrogen-bond donors (Lipinski definition) is 4. The minimum Gasteiger partial charge on any atom is -0.487 e. The van der Waals surface area contributed by atoms with Crippen LogP contribution in [-0.4, -0.2) is 157 Å². The Bertz CT molecular complexity index is 5130. The minimum atomic E-state index is -1.82. The molecule has 584 valence electrons. The summed E-state index contributed by atoms with van der Waals surface area (Å²) in [5.74, 6) is 1.67. The molecule has 0 bridgehead atoms. The second kappa shape index (κ2) is 37.6. The molecule has 11 rings (SSSR count). The van der Waals surface area contributed by atoms with Crippen LogP contribution in [0.5, 0.6) is 23.0 Å². The predicted octanol–water partition coefficient (Wildman–Crippen LogP) is 12.0. The summed E-state index contributed by atoms with van der Waals surface area (Å²) in [6.45, 7) is 18.9. The number of aliphatic hydroxyl groups excluding tert-OH is 2. The summed E-state index contributed by atoms with van der Waals surface area (Å²) in [4.78, 5) is 68.3. The molecule has 28 heteroatoms. The number of benzene rings is 6. The second-order valence-corrected chi connectivity index (χ2v) is 34.5. The summed E-state index contributed by atoms with van der Waals surface area (Å²) >= 11 is 3.42. The molecule has 0 radical (unpaired) electrons. The Morgan fingerprint density at radius 2 is 1.11 bits per heavy atom. The Labute approximate surface area is 650 Å². The number of esters is 1. The van der Waals surface area contributed by atoms with Gasteiger partial charge in [0.15, 0.2) is 31.3 Å². The first-order valence-electron chi connectivity index (χ1n) is 35.9. The predicted molar refractivity (Wildman–Crippen MR) is 441 cm³/mol. The van der Waals surface area contributed by atoms with Gasteiger partial charge in [-0.25, -0.2) is 0 Å². The maximum Gasteiger partial charge on any atom is 0.494 e. The number of methoxy groups -OCH3 is 2. The van der Waals surface area contributed by atoms with Gasteiger partial charge in [-0.3, -0.25) is 33.1 Å². The zero-order valence-corrected chi connectivity index (χ0v) is 68.0. The third-order valence-corrected chi connectivity index (χ3v) is 23.6. The van der Waals surface area contributed by atoms with E-state index in [-0.39, 0.29) is 60.3 Å². The van der Waals surface area contributed by atoms with Crippen molar-refractivity contribution < 1.29 is 61.9 Å². The molecule has 1 saturated heterocycles. The van der Waals surface area contributed by atoms with E-state index in [0.717, 1.165) is 37.8 Å². The Hall–Kier alpha value is -10.0. The number of carbonyl (C=O) groups excluding carboxylic acids is 1. The van der Waals surface area contributed by atoms with Crippen molar-refractivity contribution in [2.45, 2.75) is 78.5 Å². The van der Waals surface area contributed by atoms with E-state index in [4.69, 9.17) is 46.9 Å². The molecule has 25 nitrogen and oxygen atoms in total. The van der Waals surface area contributed by atoms with Crippen LogP contribution in [0.4, 0.5) is 34.1 Å². The van der Waals surface area contributed by atoms with Crippen molar-refractivity contribution in [1.82, 2.24) is 18.3 Å². The van der Waals surface area contributed by atoms with Crippen molar-refractivity contribution in [2.24, 2.45) is 14.1 Å². The highest BCUT2D eigenvalue weighted by Gasteiger charge is 2.40. The second-order valence-electron chi connectivity index (χ2n) is 28.8. The van der Waals surface area contributed by atoms with Crippen molar-refractivity contribution in [1.29, 1.82) is 0 Å². The lowest BCUT2D eigenvalue weighted by atomic mass is 9.75. The van der Waals surface area contributed by atoms with Gasteiger partial charge in [-0.2, -0.15) is 0 Å². The number of aromatic nitrogens is 4. The maximum absolute atomic E-state index is 13.6. The molecule has 0 aliphatic carbocycles. The number of aliphatic hydroxyl groups is 2. The first kappa shape index (κ1) is 84.0. The van der Waals surface area contributed by atoms with Gasteiger partial charge in [0, 0.05) is 155 Å². The molecule has 110 heavy (non-hydrogen) atoms. The van der Waals surface area contributed by atoms with Crippen molar-refractivity contribution in [3.8, 4) is 45.5 Å². The van der Waals surface area contributed by atoms with Crippen LogP contribution in [0.3, 0.4) is 0 Å². The fourth-order valence-corrected chi connectivity index (χ4v) is 13.3. The molecule has 4 aromatic heterocycles. The smallest absolute Gasteiger partial charge is 0.487 e. The average molecular weight is 1590 g/mol. The molecule has 1 aliphatic rings. The lowest BCUT2D eigenvalue weighted by molar-refractivity contribution is -0.142. The van der Waals surface area contributed by atoms with Crippen molar-refractivity contribution in [3.63, 3.8) is 0 Å². The summed E-state index contributed by atoms with van der Waals surface area (Å²) in [6.07, 6.45) is 6.88. The third-order valence-electron chi connectivity index (χ3n) is 18.6. The Morgan fingerprint density at radius 3 is 1.60 bits per heavy atom. The van der Waals surface area contributed by atoms with Crippen LogP contribution in [0.1, 0.15) is 52.7 Å².